The van der Waals surface area contributed by atoms with E-state index in [1.807, 2.05) is 0 Å². The van der Waals surface area contributed by atoms with Gasteiger partial charge in [-0.1, -0.05) is 12.8 Å². The lowest BCUT2D eigenvalue weighted by atomic mass is 9.85. The minimum atomic E-state index is -4.21. The summed E-state index contributed by atoms with van der Waals surface area (Å²) in [6, 6.07) is -0.678. The summed E-state index contributed by atoms with van der Waals surface area (Å²) < 4.78 is 36.9. The third-order valence-electron chi connectivity index (χ3n) is 4.16. The van der Waals surface area contributed by atoms with Gasteiger partial charge in [0.15, 0.2) is 0 Å². The molecule has 1 saturated carbocycles. The SMILES string of the molecule is O=C(O)C1CC2CCCCC2N1CCC(F)(F)F. The van der Waals surface area contributed by atoms with E-state index in [-0.39, 0.29) is 18.5 Å². The third kappa shape index (κ3) is 2.96. The van der Waals surface area contributed by atoms with Crippen molar-refractivity contribution in [3.05, 3.63) is 0 Å². The van der Waals surface area contributed by atoms with Crippen LogP contribution in [0.4, 0.5) is 13.2 Å². The number of rotatable bonds is 3. The standard InChI is InChI=1S/C12H18F3NO2/c13-12(14,15)5-6-16-9-4-2-1-3-8(9)7-10(16)11(17)18/h8-10H,1-7H2,(H,17,18). The Morgan fingerprint density at radius 2 is 1.94 bits per heavy atom. The van der Waals surface area contributed by atoms with Crippen molar-refractivity contribution >= 4 is 5.97 Å². The molecule has 2 aliphatic rings. The molecule has 1 aliphatic carbocycles. The van der Waals surface area contributed by atoms with Crippen LogP contribution in [0.1, 0.15) is 38.5 Å². The average molecular weight is 265 g/mol. The molecule has 1 saturated heterocycles. The van der Waals surface area contributed by atoms with Gasteiger partial charge in [-0.25, -0.2) is 0 Å². The van der Waals surface area contributed by atoms with Crippen LogP contribution >= 0.6 is 0 Å². The summed E-state index contributed by atoms with van der Waals surface area (Å²) in [5.74, 6) is -0.709. The van der Waals surface area contributed by atoms with Gasteiger partial charge >= 0.3 is 12.1 Å². The van der Waals surface area contributed by atoms with Crippen LogP contribution in [0.25, 0.3) is 0 Å². The zero-order chi connectivity index (χ0) is 13.3. The highest BCUT2D eigenvalue weighted by Crippen LogP contribution is 2.40. The third-order valence-corrected chi connectivity index (χ3v) is 4.16. The maximum Gasteiger partial charge on any atom is 0.390 e. The van der Waals surface area contributed by atoms with E-state index in [4.69, 9.17) is 5.11 Å². The number of hydrogen-bond acceptors (Lipinski definition) is 2. The number of hydrogen-bond donors (Lipinski definition) is 1. The fourth-order valence-corrected chi connectivity index (χ4v) is 3.37. The lowest BCUT2D eigenvalue weighted by Gasteiger charge is -2.33. The highest BCUT2D eigenvalue weighted by atomic mass is 19.4. The first-order chi connectivity index (χ1) is 8.38. The molecule has 3 atom stereocenters. The van der Waals surface area contributed by atoms with Gasteiger partial charge in [0.2, 0.25) is 0 Å². The molecule has 104 valence electrons. The van der Waals surface area contributed by atoms with Crippen LogP contribution in [0, 0.1) is 5.92 Å². The van der Waals surface area contributed by atoms with E-state index < -0.39 is 24.6 Å². The first-order valence-corrected chi connectivity index (χ1v) is 6.44. The summed E-state index contributed by atoms with van der Waals surface area (Å²) in [6.45, 7) is -0.179. The van der Waals surface area contributed by atoms with Crippen molar-refractivity contribution in [3.8, 4) is 0 Å². The number of carboxylic acid groups (broad SMARTS) is 1. The Balaban J connectivity index is 2.04. The van der Waals surface area contributed by atoms with Crippen LogP contribution < -0.4 is 0 Å². The summed E-state index contributed by atoms with van der Waals surface area (Å²) in [5, 5.41) is 9.14. The van der Waals surface area contributed by atoms with Crippen LogP contribution in [-0.4, -0.2) is 40.8 Å². The molecule has 0 aromatic rings. The Morgan fingerprint density at radius 3 is 2.56 bits per heavy atom. The topological polar surface area (TPSA) is 40.5 Å². The molecule has 3 unspecified atom stereocenters. The van der Waals surface area contributed by atoms with E-state index in [1.165, 1.54) is 0 Å². The molecule has 0 aromatic carbocycles. The fourth-order valence-electron chi connectivity index (χ4n) is 3.37. The summed E-state index contributed by atoms with van der Waals surface area (Å²) >= 11 is 0. The first kappa shape index (κ1) is 13.6. The van der Waals surface area contributed by atoms with E-state index in [0.29, 0.717) is 6.42 Å². The molecule has 6 heteroatoms. The summed E-state index contributed by atoms with van der Waals surface area (Å²) in [5.41, 5.74) is 0. The second-order valence-electron chi connectivity index (χ2n) is 5.30. The van der Waals surface area contributed by atoms with Crippen molar-refractivity contribution < 1.29 is 23.1 Å². The van der Waals surface area contributed by atoms with Crippen molar-refractivity contribution in [1.29, 1.82) is 0 Å². The van der Waals surface area contributed by atoms with Crippen LogP contribution in [0.15, 0.2) is 0 Å². The Morgan fingerprint density at radius 1 is 1.28 bits per heavy atom. The molecular formula is C12H18F3NO2. The Hall–Kier alpha value is -0.780. The number of nitrogens with zero attached hydrogens (tertiary/aromatic N) is 1. The van der Waals surface area contributed by atoms with E-state index in [2.05, 4.69) is 0 Å². The van der Waals surface area contributed by atoms with Gasteiger partial charge in [0.1, 0.15) is 6.04 Å². The minimum absolute atomic E-state index is 0.0437. The quantitative estimate of drug-likeness (QED) is 0.852. The molecule has 2 fully saturated rings. The van der Waals surface area contributed by atoms with Gasteiger partial charge in [0.25, 0.3) is 0 Å². The van der Waals surface area contributed by atoms with Crippen molar-refractivity contribution in [2.45, 2.75) is 56.8 Å². The van der Waals surface area contributed by atoms with Gasteiger partial charge in [-0.3, -0.25) is 9.69 Å². The molecule has 0 aromatic heterocycles. The first-order valence-electron chi connectivity index (χ1n) is 6.44. The average Bonchev–Trinajstić information content (AvgIpc) is 2.64. The Labute approximate surface area is 104 Å². The van der Waals surface area contributed by atoms with Crippen LogP contribution in [-0.2, 0) is 4.79 Å². The Kier molecular flexibility index (Phi) is 3.84. The number of carboxylic acids is 1. The van der Waals surface area contributed by atoms with Gasteiger partial charge in [0, 0.05) is 12.6 Å². The van der Waals surface area contributed by atoms with E-state index in [0.717, 1.165) is 25.7 Å². The molecule has 3 nitrogen and oxygen atoms in total. The maximum absolute atomic E-state index is 12.3. The van der Waals surface area contributed by atoms with Gasteiger partial charge in [-0.2, -0.15) is 13.2 Å². The summed E-state index contributed by atoms with van der Waals surface area (Å²) in [4.78, 5) is 12.7. The van der Waals surface area contributed by atoms with Crippen LogP contribution in [0.5, 0.6) is 0 Å². The molecule has 1 aliphatic heterocycles. The fraction of sp³-hybridized carbons (Fsp3) is 0.917. The van der Waals surface area contributed by atoms with Crippen LogP contribution in [0.3, 0.4) is 0 Å². The predicted octanol–water partition coefficient (Wildman–Crippen LogP) is 2.66. The highest BCUT2D eigenvalue weighted by Gasteiger charge is 2.45. The van der Waals surface area contributed by atoms with E-state index in [9.17, 15) is 18.0 Å². The number of aliphatic carboxylic acids is 1. The van der Waals surface area contributed by atoms with Gasteiger partial charge in [-0.05, 0) is 25.2 Å². The summed E-state index contributed by atoms with van der Waals surface area (Å²) in [6.07, 6.45) is -0.756. The lowest BCUT2D eigenvalue weighted by molar-refractivity contribution is -0.149. The zero-order valence-corrected chi connectivity index (χ0v) is 10.1. The molecule has 1 heterocycles. The van der Waals surface area contributed by atoms with Crippen molar-refractivity contribution in [3.63, 3.8) is 0 Å². The smallest absolute Gasteiger partial charge is 0.390 e. The van der Waals surface area contributed by atoms with E-state index in [1.54, 1.807) is 4.90 Å². The number of likely N-dealkylation sites (tertiary alicyclic amines) is 1. The normalized spacial score (nSPS) is 33.4. The number of carbonyl (C=O) groups is 1. The molecule has 0 radical (unpaired) electrons. The number of alkyl halides is 3. The second-order valence-corrected chi connectivity index (χ2v) is 5.30. The number of halogens is 3. The molecular weight excluding hydrogens is 247 g/mol. The predicted molar refractivity (Wildman–Crippen MR) is 59.2 cm³/mol. The van der Waals surface area contributed by atoms with E-state index >= 15 is 0 Å². The van der Waals surface area contributed by atoms with Gasteiger partial charge in [0.05, 0.1) is 6.42 Å². The molecule has 0 spiro atoms. The van der Waals surface area contributed by atoms with Crippen LogP contribution in [0.2, 0.25) is 0 Å². The van der Waals surface area contributed by atoms with Crippen molar-refractivity contribution in [1.82, 2.24) is 4.90 Å². The van der Waals surface area contributed by atoms with Crippen molar-refractivity contribution in [2.75, 3.05) is 6.54 Å². The molecule has 0 bridgehead atoms. The van der Waals surface area contributed by atoms with Crippen molar-refractivity contribution in [2.24, 2.45) is 5.92 Å². The summed E-state index contributed by atoms with van der Waals surface area (Å²) in [7, 11) is 0. The zero-order valence-electron chi connectivity index (χ0n) is 10.1. The van der Waals surface area contributed by atoms with Gasteiger partial charge in [-0.15, -0.1) is 0 Å². The lowest BCUT2D eigenvalue weighted by Crippen LogP contribution is -2.43. The number of fused-ring (bicyclic) bond motifs is 1. The monoisotopic (exact) mass is 265 g/mol. The second kappa shape index (κ2) is 5.07. The molecule has 18 heavy (non-hydrogen) atoms. The minimum Gasteiger partial charge on any atom is -0.480 e. The largest absolute Gasteiger partial charge is 0.480 e. The molecule has 0 amide bonds. The molecule has 2 rings (SSSR count). The highest BCUT2D eigenvalue weighted by molar-refractivity contribution is 5.74. The maximum atomic E-state index is 12.3. The Bertz CT molecular complexity index is 319. The molecule has 1 N–H and O–H groups in total. The van der Waals surface area contributed by atoms with Gasteiger partial charge < -0.3 is 5.11 Å².